The van der Waals surface area contributed by atoms with Gasteiger partial charge >= 0.3 is 0 Å². The van der Waals surface area contributed by atoms with Crippen molar-refractivity contribution in [3.05, 3.63) is 58.6 Å². The normalized spacial score (nSPS) is 11.0. The summed E-state index contributed by atoms with van der Waals surface area (Å²) in [5, 5.41) is 5.56. The van der Waals surface area contributed by atoms with Crippen molar-refractivity contribution in [2.45, 2.75) is 20.8 Å². The van der Waals surface area contributed by atoms with E-state index in [1.54, 1.807) is 19.9 Å². The molecule has 0 aromatic heterocycles. The Labute approximate surface area is 144 Å². The molecule has 0 heterocycles. The smallest absolute Gasteiger partial charge is 0.239 e. The zero-order chi connectivity index (χ0) is 17.0. The Kier molecular flexibility index (Phi) is 5.21. The highest BCUT2D eigenvalue weighted by molar-refractivity contribution is 9.10. The van der Waals surface area contributed by atoms with Crippen LogP contribution in [0.3, 0.4) is 0 Å². The van der Waals surface area contributed by atoms with Crippen LogP contribution in [0.1, 0.15) is 19.4 Å². The first kappa shape index (κ1) is 17.2. The molecule has 0 spiro atoms. The number of anilines is 2. The summed E-state index contributed by atoms with van der Waals surface area (Å²) in [5.74, 6) is -0.722. The number of hydrogen-bond acceptors (Lipinski definition) is 2. The molecule has 0 aliphatic rings. The molecule has 2 amide bonds. The summed E-state index contributed by atoms with van der Waals surface area (Å²) in [7, 11) is 0. The second kappa shape index (κ2) is 6.96. The molecule has 0 bridgehead atoms. The highest BCUT2D eigenvalue weighted by Gasteiger charge is 2.36. The zero-order valence-electron chi connectivity index (χ0n) is 13.3. The maximum atomic E-state index is 12.5. The first-order valence-corrected chi connectivity index (χ1v) is 8.04. The van der Waals surface area contributed by atoms with E-state index in [1.807, 2.05) is 49.4 Å². The quantitative estimate of drug-likeness (QED) is 0.780. The largest absolute Gasteiger partial charge is 0.325 e. The third kappa shape index (κ3) is 4.20. The van der Waals surface area contributed by atoms with Crippen molar-refractivity contribution >= 4 is 39.1 Å². The average molecular weight is 375 g/mol. The number of amides is 2. The monoisotopic (exact) mass is 374 g/mol. The maximum absolute atomic E-state index is 12.5. The number of para-hydroxylation sites is 1. The molecule has 0 fully saturated rings. The minimum absolute atomic E-state index is 0.356. The number of hydrogen-bond donors (Lipinski definition) is 2. The Morgan fingerprint density at radius 3 is 2.09 bits per heavy atom. The molecular weight excluding hydrogens is 356 g/mol. The van der Waals surface area contributed by atoms with Gasteiger partial charge in [-0.15, -0.1) is 0 Å². The van der Waals surface area contributed by atoms with Crippen molar-refractivity contribution in [1.82, 2.24) is 0 Å². The Morgan fingerprint density at radius 1 is 0.913 bits per heavy atom. The van der Waals surface area contributed by atoms with E-state index in [0.717, 1.165) is 10.0 Å². The summed E-state index contributed by atoms with van der Waals surface area (Å²) >= 11 is 3.37. The number of halogens is 1. The lowest BCUT2D eigenvalue weighted by atomic mass is 9.90. The molecular formula is C18H19BrN2O2. The lowest BCUT2D eigenvalue weighted by molar-refractivity contribution is -0.135. The Balaban J connectivity index is 2.10. The molecule has 5 heteroatoms. The first-order chi connectivity index (χ1) is 10.8. The van der Waals surface area contributed by atoms with Crippen molar-refractivity contribution in [1.29, 1.82) is 0 Å². The van der Waals surface area contributed by atoms with Crippen LogP contribution in [0.25, 0.3) is 0 Å². The Morgan fingerprint density at radius 2 is 1.48 bits per heavy atom. The van der Waals surface area contributed by atoms with E-state index in [4.69, 9.17) is 0 Å². The van der Waals surface area contributed by atoms with E-state index in [0.29, 0.717) is 11.4 Å². The zero-order valence-corrected chi connectivity index (χ0v) is 14.9. The number of carbonyl (C=O) groups is 2. The molecule has 0 saturated heterocycles. The standard InChI is InChI=1S/C18H19BrN2O2/c1-12-8-10-13(11-9-12)20-16(22)18(2,3)17(23)21-15-7-5-4-6-14(15)19/h4-11H,1-3H3,(H,20,22)(H,21,23). The lowest BCUT2D eigenvalue weighted by Gasteiger charge is -2.23. The van der Waals surface area contributed by atoms with Gasteiger partial charge in [0.05, 0.1) is 5.69 Å². The fourth-order valence-electron chi connectivity index (χ4n) is 1.87. The van der Waals surface area contributed by atoms with Gasteiger partial charge in [-0.1, -0.05) is 29.8 Å². The van der Waals surface area contributed by atoms with Crippen LogP contribution in [0, 0.1) is 12.3 Å². The number of carbonyl (C=O) groups excluding carboxylic acids is 2. The predicted octanol–water partition coefficient (Wildman–Crippen LogP) is 4.36. The van der Waals surface area contributed by atoms with Crippen molar-refractivity contribution in [3.8, 4) is 0 Å². The second-order valence-electron chi connectivity index (χ2n) is 5.88. The molecule has 0 saturated carbocycles. The SMILES string of the molecule is Cc1ccc(NC(=O)C(C)(C)C(=O)Nc2ccccc2Br)cc1. The molecule has 2 N–H and O–H groups in total. The van der Waals surface area contributed by atoms with Gasteiger partial charge in [0.1, 0.15) is 5.41 Å². The molecule has 0 aliphatic heterocycles. The first-order valence-electron chi connectivity index (χ1n) is 7.25. The van der Waals surface area contributed by atoms with E-state index >= 15 is 0 Å². The van der Waals surface area contributed by atoms with Crippen LogP contribution in [-0.2, 0) is 9.59 Å². The van der Waals surface area contributed by atoms with E-state index in [-0.39, 0.29) is 11.8 Å². The fraction of sp³-hybridized carbons (Fsp3) is 0.222. The third-order valence-electron chi connectivity index (χ3n) is 3.57. The molecule has 0 atom stereocenters. The lowest BCUT2D eigenvalue weighted by Crippen LogP contribution is -2.41. The second-order valence-corrected chi connectivity index (χ2v) is 6.73. The molecule has 0 aliphatic carbocycles. The van der Waals surface area contributed by atoms with Crippen LogP contribution in [0.4, 0.5) is 11.4 Å². The molecule has 0 unspecified atom stereocenters. The Bertz CT molecular complexity index is 724. The van der Waals surface area contributed by atoms with Gasteiger partial charge in [0.2, 0.25) is 11.8 Å². The predicted molar refractivity (Wildman–Crippen MR) is 96.4 cm³/mol. The van der Waals surface area contributed by atoms with E-state index < -0.39 is 5.41 Å². The number of nitrogens with one attached hydrogen (secondary N) is 2. The molecule has 2 rings (SSSR count). The molecule has 2 aromatic rings. The summed E-state index contributed by atoms with van der Waals surface area (Å²) in [5.41, 5.74) is 1.20. The van der Waals surface area contributed by atoms with Gasteiger partial charge in [-0.2, -0.15) is 0 Å². The van der Waals surface area contributed by atoms with E-state index in [1.165, 1.54) is 0 Å². The molecule has 0 radical (unpaired) electrons. The van der Waals surface area contributed by atoms with Gasteiger partial charge in [0.25, 0.3) is 0 Å². The highest BCUT2D eigenvalue weighted by Crippen LogP contribution is 2.25. The summed E-state index contributed by atoms with van der Waals surface area (Å²) in [6, 6.07) is 14.7. The number of aryl methyl sites for hydroxylation is 1. The van der Waals surface area contributed by atoms with Gasteiger partial charge in [0.15, 0.2) is 0 Å². The van der Waals surface area contributed by atoms with Crippen LogP contribution < -0.4 is 10.6 Å². The summed E-state index contributed by atoms with van der Waals surface area (Å²) in [4.78, 5) is 24.9. The van der Waals surface area contributed by atoms with Crippen molar-refractivity contribution in [2.24, 2.45) is 5.41 Å². The fourth-order valence-corrected chi connectivity index (χ4v) is 2.25. The molecule has 4 nitrogen and oxygen atoms in total. The van der Waals surface area contributed by atoms with Crippen LogP contribution in [0.5, 0.6) is 0 Å². The van der Waals surface area contributed by atoms with Crippen molar-refractivity contribution in [3.63, 3.8) is 0 Å². The highest BCUT2D eigenvalue weighted by atomic mass is 79.9. The van der Waals surface area contributed by atoms with Gasteiger partial charge in [0, 0.05) is 10.2 Å². The molecule has 120 valence electrons. The van der Waals surface area contributed by atoms with Crippen LogP contribution in [-0.4, -0.2) is 11.8 Å². The van der Waals surface area contributed by atoms with Crippen molar-refractivity contribution in [2.75, 3.05) is 10.6 Å². The maximum Gasteiger partial charge on any atom is 0.239 e. The van der Waals surface area contributed by atoms with Crippen LogP contribution in [0.15, 0.2) is 53.0 Å². The van der Waals surface area contributed by atoms with Crippen LogP contribution in [0.2, 0.25) is 0 Å². The summed E-state index contributed by atoms with van der Waals surface area (Å²) in [6.07, 6.45) is 0. The Hall–Kier alpha value is -2.14. The molecule has 23 heavy (non-hydrogen) atoms. The van der Waals surface area contributed by atoms with Crippen LogP contribution >= 0.6 is 15.9 Å². The van der Waals surface area contributed by atoms with Crippen molar-refractivity contribution < 1.29 is 9.59 Å². The minimum Gasteiger partial charge on any atom is -0.325 e. The van der Waals surface area contributed by atoms with Gasteiger partial charge < -0.3 is 10.6 Å². The van der Waals surface area contributed by atoms with Gasteiger partial charge in [-0.05, 0) is 61.0 Å². The molecule has 2 aromatic carbocycles. The third-order valence-corrected chi connectivity index (χ3v) is 4.26. The minimum atomic E-state index is -1.21. The van der Waals surface area contributed by atoms with Gasteiger partial charge in [-0.25, -0.2) is 0 Å². The summed E-state index contributed by atoms with van der Waals surface area (Å²) in [6.45, 7) is 5.17. The van der Waals surface area contributed by atoms with Gasteiger partial charge in [-0.3, -0.25) is 9.59 Å². The average Bonchev–Trinajstić information content (AvgIpc) is 2.51. The van der Waals surface area contributed by atoms with E-state index in [2.05, 4.69) is 26.6 Å². The number of benzene rings is 2. The van der Waals surface area contributed by atoms with E-state index in [9.17, 15) is 9.59 Å². The summed E-state index contributed by atoms with van der Waals surface area (Å²) < 4.78 is 0.767. The number of rotatable bonds is 4. The topological polar surface area (TPSA) is 58.2 Å².